The van der Waals surface area contributed by atoms with Gasteiger partial charge in [0.2, 0.25) is 0 Å². The number of hydrogen-bond donors (Lipinski definition) is 1. The van der Waals surface area contributed by atoms with Gasteiger partial charge in [-0.25, -0.2) is 0 Å². The number of amides is 1. The van der Waals surface area contributed by atoms with Crippen LogP contribution in [0.3, 0.4) is 0 Å². The van der Waals surface area contributed by atoms with Gasteiger partial charge in [-0.1, -0.05) is 0 Å². The van der Waals surface area contributed by atoms with Crippen LogP contribution in [0.4, 0.5) is 5.82 Å². The first kappa shape index (κ1) is 27.6. The van der Waals surface area contributed by atoms with Crippen molar-refractivity contribution in [3.8, 4) is 16.9 Å². The first-order valence-electron chi connectivity index (χ1n) is 10.2. The molecule has 1 aliphatic rings. The van der Waals surface area contributed by atoms with Crippen molar-refractivity contribution in [2.24, 2.45) is 11.1 Å². The van der Waals surface area contributed by atoms with E-state index in [0.717, 1.165) is 58.6 Å². The fourth-order valence-corrected chi connectivity index (χ4v) is 6.09. The summed E-state index contributed by atoms with van der Waals surface area (Å²) in [5.74, 6) is 1.57. The van der Waals surface area contributed by atoms with Crippen molar-refractivity contribution in [2.75, 3.05) is 26.1 Å². The van der Waals surface area contributed by atoms with Gasteiger partial charge >= 0.3 is 167 Å². The Labute approximate surface area is 205 Å². The third kappa shape index (κ3) is 6.31. The Bertz CT molecular complexity index is 872. The fourth-order valence-electron chi connectivity index (χ4n) is 4.27. The Balaban J connectivity index is 0.00000240. The quantitative estimate of drug-likeness (QED) is 0.535. The third-order valence-corrected chi connectivity index (χ3v) is 9.14. The molecular weight excluding hydrogens is 496 g/mol. The number of aromatic nitrogens is 1. The molecule has 31 heavy (non-hydrogen) atoms. The van der Waals surface area contributed by atoms with Gasteiger partial charge in [-0.2, -0.15) is 0 Å². The second-order valence-corrected chi connectivity index (χ2v) is 11.1. The number of ether oxygens (including phenoxy) is 1. The minimum atomic E-state index is -0.462. The molecule has 1 aromatic carbocycles. The van der Waals surface area contributed by atoms with E-state index in [-0.39, 0.29) is 46.5 Å². The van der Waals surface area contributed by atoms with E-state index in [0.29, 0.717) is 6.42 Å². The fraction of sp³-hybridized carbons (Fsp3) is 0.478. The van der Waals surface area contributed by atoms with Gasteiger partial charge in [0.1, 0.15) is 0 Å². The molecule has 172 valence electrons. The van der Waals surface area contributed by atoms with Crippen LogP contribution >= 0.6 is 24.8 Å². The molecule has 1 fully saturated rings. The smallest absolute Gasteiger partial charge is 0.147 e. The zero-order chi connectivity index (χ0) is 21.0. The maximum Gasteiger partial charge on any atom is -0.147 e. The van der Waals surface area contributed by atoms with Crippen LogP contribution in [0.25, 0.3) is 11.1 Å². The molecule has 0 saturated heterocycles. The second kappa shape index (κ2) is 12.0. The summed E-state index contributed by atoms with van der Waals surface area (Å²) in [4.78, 5) is 18.9. The van der Waals surface area contributed by atoms with Crippen LogP contribution in [0, 0.1) is 5.41 Å². The summed E-state index contributed by atoms with van der Waals surface area (Å²) >= 11 is 0.0932. The maximum absolute atomic E-state index is 12.5. The molecule has 1 aliphatic carbocycles. The molecule has 2 N–H and O–H groups in total. The van der Waals surface area contributed by atoms with E-state index in [2.05, 4.69) is 28.9 Å². The van der Waals surface area contributed by atoms with Crippen molar-refractivity contribution in [3.63, 3.8) is 0 Å². The zero-order valence-corrected chi connectivity index (χ0v) is 22.4. The number of primary amides is 1. The van der Waals surface area contributed by atoms with E-state index in [1.165, 1.54) is 0 Å². The van der Waals surface area contributed by atoms with Crippen LogP contribution in [0.1, 0.15) is 31.2 Å². The van der Waals surface area contributed by atoms with Crippen molar-refractivity contribution < 1.29 is 9.53 Å². The summed E-state index contributed by atoms with van der Waals surface area (Å²) < 4.78 is 6.47. The van der Waals surface area contributed by atoms with Gasteiger partial charge in [-0.3, -0.25) is 0 Å². The van der Waals surface area contributed by atoms with Gasteiger partial charge in [-0.05, 0) is 0 Å². The standard InChI is InChI=1S/C23H32AsN3O2.2ClH/c1-24-19-7-10-23(11-8-19,22(25)28)15-18-13-16(5-6-20(18)29-4)17-9-12-26-21(14-17)27(2)3;;/h5-6,9,12-14,19,24H,7-8,10-11,15H2,1-4H3,(H2,25,28);2*1H. The first-order chi connectivity index (χ1) is 13.9. The molecular formula is C23H34AsCl2N3O2. The van der Waals surface area contributed by atoms with Crippen molar-refractivity contribution in [3.05, 3.63) is 42.1 Å². The molecule has 1 unspecified atom stereocenters. The normalized spacial score (nSPS) is 20.6. The summed E-state index contributed by atoms with van der Waals surface area (Å²) in [5.41, 5.74) is 11.1. The molecule has 2 aromatic rings. The maximum atomic E-state index is 12.5. The van der Waals surface area contributed by atoms with Crippen LogP contribution in [-0.4, -0.2) is 47.8 Å². The number of nitrogens with zero attached hydrogens (tertiary/aromatic N) is 2. The minimum absolute atomic E-state index is 0. The predicted molar refractivity (Wildman–Crippen MR) is 136 cm³/mol. The van der Waals surface area contributed by atoms with Crippen molar-refractivity contribution in [1.82, 2.24) is 4.98 Å². The van der Waals surface area contributed by atoms with Gasteiger partial charge in [-0.15, -0.1) is 24.8 Å². The number of carbonyl (C=O) groups is 1. The Morgan fingerprint density at radius 3 is 2.39 bits per heavy atom. The molecule has 1 amide bonds. The number of methoxy groups -OCH3 is 1. The van der Waals surface area contributed by atoms with E-state index in [1.54, 1.807) is 7.11 Å². The molecule has 5 nitrogen and oxygen atoms in total. The largest absolute Gasteiger partial charge is 0.147 e. The Kier molecular flexibility index (Phi) is 10.7. The predicted octanol–water partition coefficient (Wildman–Crippen LogP) is 4.53. The Morgan fingerprint density at radius 2 is 1.84 bits per heavy atom. The van der Waals surface area contributed by atoms with Gasteiger partial charge in [0.05, 0.1) is 0 Å². The van der Waals surface area contributed by atoms with E-state index in [1.807, 2.05) is 37.3 Å². The van der Waals surface area contributed by atoms with Crippen molar-refractivity contribution in [1.29, 1.82) is 0 Å². The van der Waals surface area contributed by atoms with Crippen LogP contribution in [-0.2, 0) is 11.2 Å². The molecule has 0 spiro atoms. The Hall–Kier alpha value is -1.42. The molecule has 0 radical (unpaired) electrons. The van der Waals surface area contributed by atoms with Crippen molar-refractivity contribution >= 4 is 52.3 Å². The number of halogens is 2. The zero-order valence-electron chi connectivity index (χ0n) is 18.7. The molecule has 8 heteroatoms. The monoisotopic (exact) mass is 529 g/mol. The van der Waals surface area contributed by atoms with Crippen LogP contribution in [0.2, 0.25) is 10.4 Å². The topological polar surface area (TPSA) is 68.4 Å². The summed E-state index contributed by atoms with van der Waals surface area (Å²) in [6, 6.07) is 10.3. The molecule has 0 bridgehead atoms. The van der Waals surface area contributed by atoms with Gasteiger partial charge < -0.3 is 0 Å². The molecule has 1 atom stereocenters. The van der Waals surface area contributed by atoms with Crippen LogP contribution in [0.15, 0.2) is 36.5 Å². The number of hydrogen-bond acceptors (Lipinski definition) is 4. The van der Waals surface area contributed by atoms with Gasteiger partial charge in [0, 0.05) is 14.1 Å². The van der Waals surface area contributed by atoms with Gasteiger partial charge in [0.25, 0.3) is 0 Å². The average Bonchev–Trinajstić information content (AvgIpc) is 2.74. The number of benzene rings is 1. The average molecular weight is 530 g/mol. The summed E-state index contributed by atoms with van der Waals surface area (Å²) in [6.07, 6.45) is 6.49. The SMILES string of the molecule is COc1ccc(-c2ccnc(N(C)C)c2)cc1CC1(C(N)=O)CCC([AsH]C)CC1.Cl.Cl. The number of carbonyl (C=O) groups excluding carboxylic acids is 1. The van der Waals surface area contributed by atoms with Crippen molar-refractivity contribution in [2.45, 2.75) is 42.5 Å². The number of anilines is 1. The molecule has 0 aliphatic heterocycles. The number of rotatable bonds is 7. The first-order valence-corrected chi connectivity index (χ1v) is 13.5. The van der Waals surface area contributed by atoms with Crippen LogP contribution in [0.5, 0.6) is 5.75 Å². The molecule has 1 heterocycles. The molecule has 1 saturated carbocycles. The molecule has 3 rings (SSSR count). The van der Waals surface area contributed by atoms with E-state index in [4.69, 9.17) is 10.5 Å². The van der Waals surface area contributed by atoms with E-state index in [9.17, 15) is 4.79 Å². The van der Waals surface area contributed by atoms with E-state index >= 15 is 0 Å². The number of pyridine rings is 1. The minimum Gasteiger partial charge on any atom is -0.147 e. The van der Waals surface area contributed by atoms with E-state index < -0.39 is 5.41 Å². The summed E-state index contributed by atoms with van der Waals surface area (Å²) in [6.45, 7) is 0. The second-order valence-electron chi connectivity index (χ2n) is 8.21. The third-order valence-electron chi connectivity index (χ3n) is 6.22. The number of nitrogens with two attached hydrogens (primary N) is 1. The van der Waals surface area contributed by atoms with Gasteiger partial charge in [0.15, 0.2) is 0 Å². The summed E-state index contributed by atoms with van der Waals surface area (Å²) in [7, 11) is 5.65. The van der Waals surface area contributed by atoms with Crippen LogP contribution < -0.4 is 15.4 Å². The Morgan fingerprint density at radius 1 is 1.19 bits per heavy atom. The summed E-state index contributed by atoms with van der Waals surface area (Å²) in [5, 5.41) is 0. The molecule has 1 aromatic heterocycles.